The molecular weight excluding hydrogens is 480 g/mol. The van der Waals surface area contributed by atoms with Gasteiger partial charge in [-0.2, -0.15) is 5.10 Å². The summed E-state index contributed by atoms with van der Waals surface area (Å²) in [5.74, 6) is 0.544. The van der Waals surface area contributed by atoms with Crippen molar-refractivity contribution in [3.05, 3.63) is 63.3 Å². The van der Waals surface area contributed by atoms with Gasteiger partial charge in [-0.05, 0) is 45.3 Å². The molecule has 192 valence electrons. The maximum absolute atomic E-state index is 12.9. The predicted octanol–water partition coefficient (Wildman–Crippen LogP) is 2.49. The average Bonchev–Trinajstić information content (AvgIpc) is 3.43. The maximum atomic E-state index is 12.9. The van der Waals surface area contributed by atoms with Crippen LogP contribution in [0.1, 0.15) is 49.7 Å². The Labute approximate surface area is 213 Å². The molecule has 4 rings (SSSR count). The lowest BCUT2D eigenvalue weighted by molar-refractivity contribution is -0.142. The Morgan fingerprint density at radius 2 is 1.92 bits per heavy atom. The second-order valence-electron chi connectivity index (χ2n) is 8.75. The van der Waals surface area contributed by atoms with Crippen LogP contribution in [0, 0.1) is 0 Å². The summed E-state index contributed by atoms with van der Waals surface area (Å²) >= 11 is 1.29. The van der Waals surface area contributed by atoms with Crippen molar-refractivity contribution < 1.29 is 14.3 Å². The summed E-state index contributed by atoms with van der Waals surface area (Å²) in [7, 11) is 0. The molecule has 1 aliphatic rings. The fourth-order valence-corrected chi connectivity index (χ4v) is 5.16. The van der Waals surface area contributed by atoms with Crippen molar-refractivity contribution in [3.8, 4) is 0 Å². The van der Waals surface area contributed by atoms with Gasteiger partial charge in [-0.15, -0.1) is 11.3 Å². The number of aromatic nitrogens is 4. The van der Waals surface area contributed by atoms with Crippen LogP contribution in [0.4, 0.5) is 5.13 Å². The number of thiazole rings is 1. The molecule has 1 amide bonds. The van der Waals surface area contributed by atoms with Crippen molar-refractivity contribution in [3.63, 3.8) is 0 Å². The van der Waals surface area contributed by atoms with E-state index in [4.69, 9.17) is 9.84 Å². The molecular formula is C25H32N6O4S. The highest BCUT2D eigenvalue weighted by Gasteiger charge is 2.27. The van der Waals surface area contributed by atoms with E-state index in [9.17, 15) is 14.4 Å². The van der Waals surface area contributed by atoms with Crippen LogP contribution in [0.3, 0.4) is 0 Å². The smallest absolute Gasteiger partial charge is 0.346 e. The Morgan fingerprint density at radius 3 is 2.61 bits per heavy atom. The number of anilines is 1. The molecule has 1 fully saturated rings. The number of rotatable bonds is 10. The Hall–Kier alpha value is -3.31. The molecule has 0 aliphatic carbocycles. The first-order valence-electron chi connectivity index (χ1n) is 12.3. The number of likely N-dealkylation sites (tertiary alicyclic amines) is 1. The predicted molar refractivity (Wildman–Crippen MR) is 137 cm³/mol. The van der Waals surface area contributed by atoms with E-state index < -0.39 is 0 Å². The van der Waals surface area contributed by atoms with Crippen LogP contribution in [0.15, 0.2) is 40.5 Å². The van der Waals surface area contributed by atoms with E-state index in [-0.39, 0.29) is 36.4 Å². The van der Waals surface area contributed by atoms with Gasteiger partial charge in [0.25, 0.3) is 0 Å². The third-order valence-corrected chi connectivity index (χ3v) is 7.00. The van der Waals surface area contributed by atoms with Gasteiger partial charge in [-0.3, -0.25) is 19.1 Å². The quantitative estimate of drug-likeness (QED) is 0.416. The molecule has 2 aromatic heterocycles. The van der Waals surface area contributed by atoms with Crippen LogP contribution in [0.5, 0.6) is 0 Å². The van der Waals surface area contributed by atoms with Crippen molar-refractivity contribution in [1.29, 1.82) is 0 Å². The number of esters is 1. The van der Waals surface area contributed by atoms with Crippen molar-refractivity contribution in [1.82, 2.24) is 24.2 Å². The lowest BCUT2D eigenvalue weighted by Gasteiger charge is -2.30. The number of nitrogens with zero attached hydrogens (tertiary/aromatic N) is 5. The van der Waals surface area contributed by atoms with Crippen LogP contribution in [0.25, 0.3) is 0 Å². The van der Waals surface area contributed by atoms with Crippen molar-refractivity contribution in [2.24, 2.45) is 0 Å². The summed E-state index contributed by atoms with van der Waals surface area (Å²) in [6.07, 6.45) is 1.75. The van der Waals surface area contributed by atoms with E-state index in [0.717, 1.165) is 37.3 Å². The number of hydrogen-bond donors (Lipinski definition) is 1. The molecule has 0 saturated carbocycles. The monoisotopic (exact) mass is 512 g/mol. The number of benzene rings is 1. The van der Waals surface area contributed by atoms with Crippen LogP contribution in [-0.2, 0) is 33.8 Å². The standard InChI is InChI=1S/C25H32N6O4S/c1-3-30-23(28-31(25(30)34)15-18-8-6-5-7-9-18)19-10-12-29(13-11-19)16-21(32)27-24-26-20(17-36-24)14-22(33)35-4-2/h5-9,17,19H,3-4,10-16H2,1-2H3,(H,26,27,32). The number of piperidine rings is 1. The Balaban J connectivity index is 1.30. The number of amides is 1. The van der Waals surface area contributed by atoms with E-state index in [1.807, 2.05) is 37.3 Å². The molecule has 3 aromatic rings. The van der Waals surface area contributed by atoms with Gasteiger partial charge in [0.05, 0.1) is 31.8 Å². The minimum atomic E-state index is -0.332. The normalized spacial score (nSPS) is 14.6. The van der Waals surface area contributed by atoms with Gasteiger partial charge in [0.2, 0.25) is 5.91 Å². The largest absolute Gasteiger partial charge is 0.466 e. The minimum Gasteiger partial charge on any atom is -0.466 e. The number of hydrogen-bond acceptors (Lipinski definition) is 8. The fourth-order valence-electron chi connectivity index (χ4n) is 4.43. The summed E-state index contributed by atoms with van der Waals surface area (Å²) in [4.78, 5) is 43.5. The Kier molecular flexibility index (Phi) is 8.65. The van der Waals surface area contributed by atoms with Gasteiger partial charge in [0.15, 0.2) is 5.13 Å². The molecule has 0 unspecified atom stereocenters. The van der Waals surface area contributed by atoms with Crippen molar-refractivity contribution in [2.75, 3.05) is 31.6 Å². The van der Waals surface area contributed by atoms with Crippen LogP contribution >= 0.6 is 11.3 Å². The highest BCUT2D eigenvalue weighted by molar-refractivity contribution is 7.13. The van der Waals surface area contributed by atoms with Crippen molar-refractivity contribution >= 4 is 28.3 Å². The lowest BCUT2D eigenvalue weighted by atomic mass is 9.96. The van der Waals surface area contributed by atoms with E-state index in [1.54, 1.807) is 21.6 Å². The molecule has 11 heteroatoms. The lowest BCUT2D eigenvalue weighted by Crippen LogP contribution is -2.39. The number of carbonyl (C=O) groups excluding carboxylic acids is 2. The zero-order chi connectivity index (χ0) is 25.5. The number of carbonyl (C=O) groups is 2. The Morgan fingerprint density at radius 1 is 1.17 bits per heavy atom. The summed E-state index contributed by atoms with van der Waals surface area (Å²) in [6, 6.07) is 9.86. The van der Waals surface area contributed by atoms with Crippen LogP contribution in [-0.4, -0.2) is 62.3 Å². The van der Waals surface area contributed by atoms with E-state index >= 15 is 0 Å². The summed E-state index contributed by atoms with van der Waals surface area (Å²) in [6.45, 7) is 6.84. The molecule has 10 nitrogen and oxygen atoms in total. The molecule has 0 atom stereocenters. The number of nitrogens with one attached hydrogen (secondary N) is 1. The van der Waals surface area contributed by atoms with Gasteiger partial charge >= 0.3 is 11.7 Å². The Bertz CT molecular complexity index is 1230. The zero-order valence-electron chi connectivity index (χ0n) is 20.7. The van der Waals surface area contributed by atoms with E-state index in [0.29, 0.717) is 30.5 Å². The maximum Gasteiger partial charge on any atom is 0.346 e. The van der Waals surface area contributed by atoms with Gasteiger partial charge in [-0.25, -0.2) is 14.5 Å². The molecule has 0 bridgehead atoms. The van der Waals surface area contributed by atoms with Crippen LogP contribution < -0.4 is 11.0 Å². The average molecular weight is 513 g/mol. The van der Waals surface area contributed by atoms with Gasteiger partial charge in [0, 0.05) is 17.8 Å². The van der Waals surface area contributed by atoms with Gasteiger partial charge < -0.3 is 10.1 Å². The molecule has 0 spiro atoms. The first-order valence-corrected chi connectivity index (χ1v) is 13.2. The third-order valence-electron chi connectivity index (χ3n) is 6.19. The highest BCUT2D eigenvalue weighted by atomic mass is 32.1. The molecule has 1 aliphatic heterocycles. The fraction of sp³-hybridized carbons (Fsp3) is 0.480. The topological polar surface area (TPSA) is 111 Å². The molecule has 0 radical (unpaired) electrons. The van der Waals surface area contributed by atoms with Gasteiger partial charge in [0.1, 0.15) is 5.82 Å². The molecule has 1 saturated heterocycles. The summed E-state index contributed by atoms with van der Waals surface area (Å²) in [5.41, 5.74) is 1.55. The molecule has 36 heavy (non-hydrogen) atoms. The SMILES string of the molecule is CCOC(=O)Cc1csc(NC(=O)CN2CCC(c3nn(Cc4ccccc4)c(=O)n3CC)CC2)n1. The summed E-state index contributed by atoms with van der Waals surface area (Å²) in [5, 5.41) is 9.76. The van der Waals surface area contributed by atoms with Gasteiger partial charge in [-0.1, -0.05) is 30.3 Å². The third kappa shape index (κ3) is 6.46. The number of ether oxygens (including phenoxy) is 1. The highest BCUT2D eigenvalue weighted by Crippen LogP contribution is 2.26. The van der Waals surface area contributed by atoms with E-state index in [1.165, 1.54) is 11.3 Å². The first kappa shape index (κ1) is 25.8. The van der Waals surface area contributed by atoms with Crippen molar-refractivity contribution in [2.45, 2.75) is 52.1 Å². The second-order valence-corrected chi connectivity index (χ2v) is 9.61. The van der Waals surface area contributed by atoms with Crippen LogP contribution in [0.2, 0.25) is 0 Å². The van der Waals surface area contributed by atoms with E-state index in [2.05, 4.69) is 15.2 Å². The molecule has 3 heterocycles. The first-order chi connectivity index (χ1) is 17.5. The summed E-state index contributed by atoms with van der Waals surface area (Å²) < 4.78 is 8.26. The molecule has 1 aromatic carbocycles. The second kappa shape index (κ2) is 12.1. The molecule has 1 N–H and O–H groups in total. The minimum absolute atomic E-state index is 0.0797. The zero-order valence-corrected chi connectivity index (χ0v) is 21.5.